The number of nitrogens with two attached hydrogens (primary N) is 1. The molecule has 1 atom stereocenters. The smallest absolute Gasteiger partial charge is 0.330 e. The summed E-state index contributed by atoms with van der Waals surface area (Å²) in [5.41, 5.74) is 5.57. The highest BCUT2D eigenvalue weighted by Crippen LogP contribution is 2.30. The molecule has 0 aromatic heterocycles. The summed E-state index contributed by atoms with van der Waals surface area (Å²) in [5, 5.41) is 12.0. The molecule has 0 unspecified atom stereocenters. The Morgan fingerprint density at radius 1 is 1.29 bits per heavy atom. The summed E-state index contributed by atoms with van der Waals surface area (Å²) in [5.74, 6) is -1.40. The van der Waals surface area contributed by atoms with Gasteiger partial charge >= 0.3 is 5.97 Å². The number of benzene rings is 1. The maximum atomic E-state index is 12.5. The van der Waals surface area contributed by atoms with Crippen molar-refractivity contribution in [3.05, 3.63) is 35.9 Å². The predicted octanol–water partition coefficient (Wildman–Crippen LogP) is 0.684. The van der Waals surface area contributed by atoms with Gasteiger partial charge in [0.2, 0.25) is 5.91 Å². The van der Waals surface area contributed by atoms with Gasteiger partial charge in [-0.1, -0.05) is 30.3 Å². The van der Waals surface area contributed by atoms with Gasteiger partial charge in [0, 0.05) is 19.8 Å². The van der Waals surface area contributed by atoms with E-state index in [0.29, 0.717) is 31.6 Å². The number of nitrogens with one attached hydrogen (secondary N) is 1. The summed E-state index contributed by atoms with van der Waals surface area (Å²) in [7, 11) is 0. The van der Waals surface area contributed by atoms with E-state index in [1.165, 1.54) is 0 Å². The minimum absolute atomic E-state index is 0.184. The van der Waals surface area contributed by atoms with Gasteiger partial charge in [-0.3, -0.25) is 4.79 Å². The molecule has 21 heavy (non-hydrogen) atoms. The van der Waals surface area contributed by atoms with Crippen LogP contribution >= 0.6 is 0 Å². The molecule has 1 heterocycles. The lowest BCUT2D eigenvalue weighted by molar-refractivity contribution is -0.145. The predicted molar refractivity (Wildman–Crippen MR) is 76.5 cm³/mol. The van der Waals surface area contributed by atoms with E-state index in [9.17, 15) is 14.7 Å². The van der Waals surface area contributed by atoms with Crippen LogP contribution in [0.15, 0.2) is 30.3 Å². The van der Waals surface area contributed by atoms with Gasteiger partial charge in [0.15, 0.2) is 6.04 Å². The van der Waals surface area contributed by atoms with Crippen molar-refractivity contribution in [2.45, 2.75) is 18.9 Å². The van der Waals surface area contributed by atoms with Crippen molar-refractivity contribution in [2.75, 3.05) is 19.8 Å². The molecule has 1 saturated heterocycles. The van der Waals surface area contributed by atoms with Gasteiger partial charge in [-0.2, -0.15) is 0 Å². The van der Waals surface area contributed by atoms with Crippen molar-refractivity contribution in [1.82, 2.24) is 5.32 Å². The van der Waals surface area contributed by atoms with Crippen molar-refractivity contribution in [3.8, 4) is 0 Å². The van der Waals surface area contributed by atoms with Gasteiger partial charge in [-0.15, -0.1) is 0 Å². The highest BCUT2D eigenvalue weighted by atomic mass is 16.5. The second kappa shape index (κ2) is 6.69. The first kappa shape index (κ1) is 15.5. The molecule has 0 radical (unpaired) electrons. The molecule has 1 aromatic rings. The van der Waals surface area contributed by atoms with Crippen LogP contribution in [0.3, 0.4) is 0 Å². The number of amides is 1. The molecule has 0 bridgehead atoms. The first-order chi connectivity index (χ1) is 10.1. The summed E-state index contributed by atoms with van der Waals surface area (Å²) < 4.78 is 5.26. The molecular weight excluding hydrogens is 272 g/mol. The molecule has 1 aliphatic heterocycles. The van der Waals surface area contributed by atoms with Crippen LogP contribution in [0.5, 0.6) is 0 Å². The van der Waals surface area contributed by atoms with Crippen molar-refractivity contribution >= 4 is 11.9 Å². The molecule has 0 aliphatic carbocycles. The van der Waals surface area contributed by atoms with Crippen LogP contribution in [0.1, 0.15) is 24.4 Å². The Hall–Kier alpha value is -1.92. The largest absolute Gasteiger partial charge is 0.479 e. The zero-order valence-corrected chi connectivity index (χ0v) is 11.7. The number of carboxylic acid groups (broad SMARTS) is 1. The number of ether oxygens (including phenoxy) is 1. The second-order valence-corrected chi connectivity index (χ2v) is 5.25. The Morgan fingerprint density at radius 2 is 1.90 bits per heavy atom. The number of rotatable bonds is 5. The molecular formula is C15H20N2O4. The van der Waals surface area contributed by atoms with E-state index in [1.54, 1.807) is 30.3 Å². The van der Waals surface area contributed by atoms with Crippen LogP contribution in [0.4, 0.5) is 0 Å². The molecule has 2 rings (SSSR count). The maximum absolute atomic E-state index is 12.5. The normalized spacial score (nSPS) is 18.7. The fourth-order valence-corrected chi connectivity index (χ4v) is 2.50. The number of hydrogen-bond donors (Lipinski definition) is 3. The van der Waals surface area contributed by atoms with E-state index >= 15 is 0 Å². The summed E-state index contributed by atoms with van der Waals surface area (Å²) >= 11 is 0. The standard InChI is InChI=1S/C15H20N2O4/c16-10-15(6-8-21-9-7-15)14(20)17-12(13(18)19)11-4-2-1-3-5-11/h1-5,12H,6-10,16H2,(H,17,20)(H,18,19)/t12-/m0/s1. The molecule has 6 heteroatoms. The van der Waals surface area contributed by atoms with E-state index in [1.807, 2.05) is 0 Å². The monoisotopic (exact) mass is 292 g/mol. The number of carbonyl (C=O) groups excluding carboxylic acids is 1. The highest BCUT2D eigenvalue weighted by molar-refractivity contribution is 5.88. The maximum Gasteiger partial charge on any atom is 0.330 e. The number of carboxylic acids is 1. The van der Waals surface area contributed by atoms with Gasteiger partial charge in [0.25, 0.3) is 0 Å². The molecule has 1 fully saturated rings. The van der Waals surface area contributed by atoms with Gasteiger partial charge in [0.1, 0.15) is 0 Å². The Balaban J connectivity index is 2.16. The van der Waals surface area contributed by atoms with Gasteiger partial charge < -0.3 is 20.9 Å². The van der Waals surface area contributed by atoms with E-state index in [-0.39, 0.29) is 12.5 Å². The van der Waals surface area contributed by atoms with E-state index < -0.39 is 17.4 Å². The lowest BCUT2D eigenvalue weighted by Gasteiger charge is -2.35. The van der Waals surface area contributed by atoms with Crippen molar-refractivity contribution in [3.63, 3.8) is 0 Å². The van der Waals surface area contributed by atoms with Crippen molar-refractivity contribution < 1.29 is 19.4 Å². The lowest BCUT2D eigenvalue weighted by Crippen LogP contribution is -2.51. The third kappa shape index (κ3) is 3.40. The third-order valence-corrected chi connectivity index (χ3v) is 3.98. The van der Waals surface area contributed by atoms with Gasteiger partial charge in [0.05, 0.1) is 5.41 Å². The third-order valence-electron chi connectivity index (χ3n) is 3.98. The average molecular weight is 292 g/mol. The zero-order chi connectivity index (χ0) is 15.3. The molecule has 1 aliphatic rings. The van der Waals surface area contributed by atoms with Crippen molar-refractivity contribution in [2.24, 2.45) is 11.1 Å². The molecule has 0 saturated carbocycles. The summed E-state index contributed by atoms with van der Waals surface area (Å²) in [6.45, 7) is 1.12. The van der Waals surface area contributed by atoms with Crippen LogP contribution in [0, 0.1) is 5.41 Å². The van der Waals surface area contributed by atoms with E-state index in [4.69, 9.17) is 10.5 Å². The molecule has 114 valence electrons. The Labute approximate surface area is 123 Å². The minimum atomic E-state index is -1.09. The van der Waals surface area contributed by atoms with E-state index in [2.05, 4.69) is 5.32 Å². The molecule has 6 nitrogen and oxygen atoms in total. The SMILES string of the molecule is NCC1(C(=O)N[C@H](C(=O)O)c2ccccc2)CCOCC1. The topological polar surface area (TPSA) is 102 Å². The summed E-state index contributed by atoms with van der Waals surface area (Å²) in [6.07, 6.45) is 1.02. The number of carbonyl (C=O) groups is 2. The van der Waals surface area contributed by atoms with Crippen LogP contribution in [0.25, 0.3) is 0 Å². The second-order valence-electron chi connectivity index (χ2n) is 5.25. The number of aliphatic carboxylic acids is 1. The fraction of sp³-hybridized carbons (Fsp3) is 0.467. The van der Waals surface area contributed by atoms with Crippen LogP contribution in [-0.4, -0.2) is 36.7 Å². The lowest BCUT2D eigenvalue weighted by atomic mass is 9.79. The van der Waals surface area contributed by atoms with Crippen LogP contribution in [-0.2, 0) is 14.3 Å². The summed E-state index contributed by atoms with van der Waals surface area (Å²) in [4.78, 5) is 24.0. The molecule has 1 aromatic carbocycles. The van der Waals surface area contributed by atoms with Crippen molar-refractivity contribution in [1.29, 1.82) is 0 Å². The van der Waals surface area contributed by atoms with Crippen LogP contribution in [0.2, 0.25) is 0 Å². The Morgan fingerprint density at radius 3 is 2.43 bits per heavy atom. The first-order valence-corrected chi connectivity index (χ1v) is 6.95. The summed E-state index contributed by atoms with van der Waals surface area (Å²) in [6, 6.07) is 7.57. The first-order valence-electron chi connectivity index (χ1n) is 6.95. The molecule has 4 N–H and O–H groups in total. The average Bonchev–Trinajstić information content (AvgIpc) is 2.53. The van der Waals surface area contributed by atoms with E-state index in [0.717, 1.165) is 0 Å². The fourth-order valence-electron chi connectivity index (χ4n) is 2.50. The Bertz CT molecular complexity index is 498. The Kier molecular flexibility index (Phi) is 4.93. The zero-order valence-electron chi connectivity index (χ0n) is 11.7. The number of hydrogen-bond acceptors (Lipinski definition) is 4. The van der Waals surface area contributed by atoms with Gasteiger partial charge in [-0.25, -0.2) is 4.79 Å². The minimum Gasteiger partial charge on any atom is -0.479 e. The highest BCUT2D eigenvalue weighted by Gasteiger charge is 2.40. The van der Waals surface area contributed by atoms with Gasteiger partial charge in [-0.05, 0) is 18.4 Å². The van der Waals surface area contributed by atoms with Crippen LogP contribution < -0.4 is 11.1 Å². The molecule has 1 amide bonds. The molecule has 0 spiro atoms. The quantitative estimate of drug-likeness (QED) is 0.741.